The predicted molar refractivity (Wildman–Crippen MR) is 98.2 cm³/mol. The van der Waals surface area contributed by atoms with E-state index in [-0.39, 0.29) is 28.8 Å². The van der Waals surface area contributed by atoms with Crippen LogP contribution in [0.2, 0.25) is 0 Å². The molecule has 4 heteroatoms. The molecule has 0 radical (unpaired) electrons. The normalized spacial score (nSPS) is 50.1. The first-order valence-electron chi connectivity index (χ1n) is 10.4. The lowest BCUT2D eigenvalue weighted by Gasteiger charge is -2.59. The first-order valence-corrected chi connectivity index (χ1v) is 10.4. The number of ether oxygens (including phenoxy) is 1. The van der Waals surface area contributed by atoms with E-state index in [0.29, 0.717) is 24.2 Å². The van der Waals surface area contributed by atoms with E-state index < -0.39 is 6.10 Å². The van der Waals surface area contributed by atoms with Crippen LogP contribution in [0.3, 0.4) is 0 Å². The molecule has 3 fully saturated rings. The van der Waals surface area contributed by atoms with Gasteiger partial charge in [0.25, 0.3) is 0 Å². The molecular formula is C22H32O4. The van der Waals surface area contributed by atoms with Gasteiger partial charge < -0.3 is 14.6 Å². The van der Waals surface area contributed by atoms with Gasteiger partial charge in [0.1, 0.15) is 12.4 Å². The van der Waals surface area contributed by atoms with E-state index in [0.717, 1.165) is 38.5 Å². The van der Waals surface area contributed by atoms with E-state index >= 15 is 0 Å². The molecule has 0 spiro atoms. The highest BCUT2D eigenvalue weighted by Gasteiger charge is 2.62. The lowest BCUT2D eigenvalue weighted by atomic mass is 9.45. The van der Waals surface area contributed by atoms with Crippen molar-refractivity contribution in [2.75, 3.05) is 0 Å². The summed E-state index contributed by atoms with van der Waals surface area (Å²) in [5, 5.41) is 10.2. The zero-order valence-electron chi connectivity index (χ0n) is 16.2. The average Bonchev–Trinajstić information content (AvgIpc) is 2.90. The molecule has 0 aromatic heterocycles. The van der Waals surface area contributed by atoms with E-state index in [1.807, 2.05) is 6.08 Å². The van der Waals surface area contributed by atoms with Crippen LogP contribution in [0.1, 0.15) is 65.7 Å². The zero-order chi connectivity index (χ0) is 18.7. The second kappa shape index (κ2) is 6.19. The van der Waals surface area contributed by atoms with Crippen LogP contribution in [-0.2, 0) is 14.3 Å². The van der Waals surface area contributed by atoms with Gasteiger partial charge in [-0.05, 0) is 68.6 Å². The number of hydrogen-bond donors (Lipinski definition) is 1. The number of aliphatic hydroxyl groups excluding tert-OH is 1. The summed E-state index contributed by atoms with van der Waals surface area (Å²) in [7, 11) is 0. The maximum atomic E-state index is 12.5. The number of rotatable bonds is 2. The van der Waals surface area contributed by atoms with E-state index in [4.69, 9.17) is 4.74 Å². The summed E-state index contributed by atoms with van der Waals surface area (Å²) < 4.78 is 5.70. The molecule has 8 atom stereocenters. The number of carbonyl (C=O) groups excluding carboxylic acids is 2. The molecule has 4 aliphatic rings. The number of hydrogen-bond acceptors (Lipinski definition) is 4. The van der Waals surface area contributed by atoms with Crippen molar-refractivity contribution in [1.29, 1.82) is 0 Å². The molecule has 3 saturated carbocycles. The summed E-state index contributed by atoms with van der Waals surface area (Å²) in [5.74, 6) is 1.44. The molecule has 0 amide bonds. The van der Waals surface area contributed by atoms with Gasteiger partial charge in [-0.15, -0.1) is 0 Å². The van der Waals surface area contributed by atoms with Gasteiger partial charge in [-0.2, -0.15) is 0 Å². The fraction of sp³-hybridized carbons (Fsp3) is 0.818. The molecule has 0 saturated heterocycles. The molecular weight excluding hydrogens is 328 g/mol. The highest BCUT2D eigenvalue weighted by atomic mass is 16.5. The third-order valence-electron chi connectivity index (χ3n) is 8.57. The Kier molecular flexibility index (Phi) is 4.33. The Balaban J connectivity index is 1.68. The second-order valence-corrected chi connectivity index (χ2v) is 9.58. The molecule has 0 aliphatic heterocycles. The van der Waals surface area contributed by atoms with Gasteiger partial charge in [-0.1, -0.05) is 25.5 Å². The first kappa shape index (κ1) is 18.2. The molecule has 0 aromatic carbocycles. The molecule has 3 unspecified atom stereocenters. The minimum absolute atomic E-state index is 0.0284. The molecule has 26 heavy (non-hydrogen) atoms. The van der Waals surface area contributed by atoms with Crippen LogP contribution < -0.4 is 0 Å². The van der Waals surface area contributed by atoms with Crippen LogP contribution in [0.4, 0.5) is 0 Å². The largest absolute Gasteiger partial charge is 0.462 e. The highest BCUT2D eigenvalue weighted by molar-refractivity contribution is 5.68. The number of fused-ring (bicyclic) bond motifs is 5. The van der Waals surface area contributed by atoms with E-state index in [1.54, 1.807) is 0 Å². The van der Waals surface area contributed by atoms with Crippen LogP contribution in [0.5, 0.6) is 0 Å². The minimum Gasteiger partial charge on any atom is -0.462 e. The zero-order valence-corrected chi connectivity index (χ0v) is 16.2. The SMILES string of the molecule is CC(=O)O[C@H]1CCC2C3CCC4=C[C@@H](O)C[C@H](C)[C@]4(C=O)C3CC[C@@]21C. The van der Waals surface area contributed by atoms with Gasteiger partial charge >= 0.3 is 5.97 Å². The Hall–Kier alpha value is -1.16. The van der Waals surface area contributed by atoms with Gasteiger partial charge in [0.05, 0.1) is 11.5 Å². The van der Waals surface area contributed by atoms with Gasteiger partial charge in [0.15, 0.2) is 0 Å². The van der Waals surface area contributed by atoms with Crippen molar-refractivity contribution in [3.05, 3.63) is 11.6 Å². The molecule has 1 N–H and O–H groups in total. The number of carbonyl (C=O) groups is 2. The summed E-state index contributed by atoms with van der Waals surface area (Å²) in [6.45, 7) is 5.97. The Morgan fingerprint density at radius 2 is 2.04 bits per heavy atom. The minimum atomic E-state index is -0.404. The fourth-order valence-corrected chi connectivity index (χ4v) is 7.45. The highest BCUT2D eigenvalue weighted by Crippen LogP contribution is 2.66. The molecule has 0 aromatic rings. The van der Waals surface area contributed by atoms with Crippen molar-refractivity contribution in [3.63, 3.8) is 0 Å². The fourth-order valence-electron chi connectivity index (χ4n) is 7.45. The van der Waals surface area contributed by atoms with Crippen LogP contribution in [0.15, 0.2) is 11.6 Å². The Morgan fingerprint density at radius 3 is 2.73 bits per heavy atom. The van der Waals surface area contributed by atoms with Crippen molar-refractivity contribution < 1.29 is 19.4 Å². The number of aliphatic hydroxyl groups is 1. The maximum absolute atomic E-state index is 12.5. The van der Waals surface area contributed by atoms with E-state index in [9.17, 15) is 14.7 Å². The topological polar surface area (TPSA) is 63.6 Å². The third kappa shape index (κ3) is 2.37. The van der Waals surface area contributed by atoms with Crippen LogP contribution in [0, 0.1) is 34.5 Å². The van der Waals surface area contributed by atoms with Crippen LogP contribution in [0.25, 0.3) is 0 Å². The lowest BCUT2D eigenvalue weighted by Crippen LogP contribution is -2.55. The smallest absolute Gasteiger partial charge is 0.302 e. The first-order chi connectivity index (χ1) is 12.3. The summed E-state index contributed by atoms with van der Waals surface area (Å²) in [6.07, 6.45) is 9.63. The summed E-state index contributed by atoms with van der Waals surface area (Å²) >= 11 is 0. The van der Waals surface area contributed by atoms with Crippen molar-refractivity contribution >= 4 is 12.3 Å². The van der Waals surface area contributed by atoms with Crippen molar-refractivity contribution in [2.24, 2.45) is 34.5 Å². The van der Waals surface area contributed by atoms with E-state index in [2.05, 4.69) is 13.8 Å². The molecule has 4 aliphatic carbocycles. The monoisotopic (exact) mass is 360 g/mol. The Morgan fingerprint density at radius 1 is 1.27 bits per heavy atom. The predicted octanol–water partition coefficient (Wildman–Crippen LogP) is 3.67. The van der Waals surface area contributed by atoms with Crippen LogP contribution >= 0.6 is 0 Å². The Bertz CT molecular complexity index is 640. The van der Waals surface area contributed by atoms with Gasteiger partial charge in [0, 0.05) is 12.3 Å². The van der Waals surface area contributed by atoms with Crippen molar-refractivity contribution in [3.8, 4) is 0 Å². The van der Waals surface area contributed by atoms with Gasteiger partial charge in [0.2, 0.25) is 0 Å². The third-order valence-corrected chi connectivity index (χ3v) is 8.57. The average molecular weight is 360 g/mol. The van der Waals surface area contributed by atoms with Gasteiger partial charge in [-0.3, -0.25) is 4.79 Å². The number of esters is 1. The number of aldehydes is 1. The summed E-state index contributed by atoms with van der Waals surface area (Å²) in [4.78, 5) is 24.0. The maximum Gasteiger partial charge on any atom is 0.302 e. The molecule has 4 rings (SSSR count). The standard InChI is InChI=1S/C22H32O4/c1-13-10-16(25)11-15-4-5-17-18-6-7-20(26-14(2)24)21(18,3)9-8-19(17)22(13,15)12-23/h11-13,16-20,25H,4-10H2,1-3H3/t13-,16-,17?,18?,19?,20-,21-,22-/m0/s1. The Labute approximate surface area is 156 Å². The summed E-state index contributed by atoms with van der Waals surface area (Å²) in [5.41, 5.74) is 0.858. The molecule has 4 nitrogen and oxygen atoms in total. The van der Waals surface area contributed by atoms with Gasteiger partial charge in [-0.25, -0.2) is 0 Å². The van der Waals surface area contributed by atoms with Crippen molar-refractivity contribution in [2.45, 2.75) is 77.9 Å². The van der Waals surface area contributed by atoms with Crippen molar-refractivity contribution in [1.82, 2.24) is 0 Å². The number of allylic oxidation sites excluding steroid dienone is 1. The summed E-state index contributed by atoms with van der Waals surface area (Å²) in [6, 6.07) is 0. The van der Waals surface area contributed by atoms with Crippen LogP contribution in [-0.4, -0.2) is 29.6 Å². The van der Waals surface area contributed by atoms with E-state index in [1.165, 1.54) is 18.8 Å². The molecule has 0 heterocycles. The molecule has 0 bridgehead atoms. The quantitative estimate of drug-likeness (QED) is 0.464. The molecule has 144 valence electrons. The lowest BCUT2D eigenvalue weighted by molar-refractivity contribution is -0.158. The second-order valence-electron chi connectivity index (χ2n) is 9.58.